The van der Waals surface area contributed by atoms with Crippen LogP contribution >= 0.6 is 11.3 Å². The van der Waals surface area contributed by atoms with E-state index in [0.717, 1.165) is 0 Å². The molecule has 0 saturated heterocycles. The molecule has 0 aliphatic carbocycles. The van der Waals surface area contributed by atoms with Crippen LogP contribution in [0.25, 0.3) is 10.8 Å². The van der Waals surface area contributed by atoms with Crippen molar-refractivity contribution in [1.82, 2.24) is 25.5 Å². The first-order chi connectivity index (χ1) is 11.7. The number of nitrogens with one attached hydrogen (secondary N) is 2. The number of rotatable bonds is 7. The van der Waals surface area contributed by atoms with Gasteiger partial charge in [-0.25, -0.2) is 14.4 Å². The quantitative estimate of drug-likeness (QED) is 0.636. The van der Waals surface area contributed by atoms with Gasteiger partial charge in [0.15, 0.2) is 10.8 Å². The highest BCUT2D eigenvalue weighted by Gasteiger charge is 2.10. The van der Waals surface area contributed by atoms with Crippen LogP contribution in [-0.2, 0) is 11.2 Å². The third-order valence-corrected chi connectivity index (χ3v) is 3.90. The summed E-state index contributed by atoms with van der Waals surface area (Å²) in [5.74, 6) is 0.491. The summed E-state index contributed by atoms with van der Waals surface area (Å²) < 4.78 is 18.3. The first-order valence-electron chi connectivity index (χ1n) is 7.16. The number of carbonyl (C=O) groups excluding carboxylic acids is 1. The fourth-order valence-corrected chi connectivity index (χ4v) is 2.71. The lowest BCUT2D eigenvalue weighted by atomic mass is 10.3. The summed E-state index contributed by atoms with van der Waals surface area (Å²) in [6.07, 6.45) is 1.58. The highest BCUT2D eigenvalue weighted by atomic mass is 32.1. The second kappa shape index (κ2) is 7.64. The Labute approximate surface area is 140 Å². The Morgan fingerprint density at radius 2 is 2.33 bits per heavy atom. The number of ether oxygens (including phenoxy) is 1. The lowest BCUT2D eigenvalue weighted by Crippen LogP contribution is -2.29. The molecule has 3 rings (SSSR count). The lowest BCUT2D eigenvalue weighted by molar-refractivity contribution is -0.120. The van der Waals surface area contributed by atoms with Crippen molar-refractivity contribution < 1.29 is 13.9 Å². The normalized spacial score (nSPS) is 10.5. The summed E-state index contributed by atoms with van der Waals surface area (Å²) >= 11 is 1.39. The number of H-pyrrole nitrogens is 1. The smallest absolute Gasteiger partial charge is 0.226 e. The van der Waals surface area contributed by atoms with Gasteiger partial charge in [0.2, 0.25) is 5.91 Å². The van der Waals surface area contributed by atoms with Crippen LogP contribution in [0.15, 0.2) is 36.0 Å². The Bertz CT molecular complexity index is 806. The van der Waals surface area contributed by atoms with Crippen LogP contribution in [0.4, 0.5) is 4.39 Å². The molecular formula is C15H14FN5O2S. The number of aromatic amines is 1. The van der Waals surface area contributed by atoms with E-state index in [1.807, 2.05) is 0 Å². The van der Waals surface area contributed by atoms with E-state index in [1.165, 1.54) is 29.8 Å². The van der Waals surface area contributed by atoms with E-state index >= 15 is 0 Å². The highest BCUT2D eigenvalue weighted by molar-refractivity contribution is 7.13. The number of carbonyl (C=O) groups is 1. The number of nitrogens with zero attached hydrogens (tertiary/aromatic N) is 3. The fourth-order valence-electron chi connectivity index (χ4n) is 1.95. The number of hydrogen-bond acceptors (Lipinski definition) is 6. The van der Waals surface area contributed by atoms with Gasteiger partial charge in [-0.15, -0.1) is 11.3 Å². The van der Waals surface area contributed by atoms with Gasteiger partial charge in [0.1, 0.15) is 24.5 Å². The van der Waals surface area contributed by atoms with Gasteiger partial charge < -0.3 is 10.1 Å². The van der Waals surface area contributed by atoms with Crippen molar-refractivity contribution in [3.63, 3.8) is 0 Å². The summed E-state index contributed by atoms with van der Waals surface area (Å²) in [6, 6.07) is 5.86. The predicted octanol–water partition coefficient (Wildman–Crippen LogP) is 1.80. The van der Waals surface area contributed by atoms with E-state index in [0.29, 0.717) is 28.8 Å². The molecule has 124 valence electrons. The van der Waals surface area contributed by atoms with Crippen LogP contribution in [-0.4, -0.2) is 39.2 Å². The molecule has 9 heteroatoms. The number of hydrogen-bond donors (Lipinski definition) is 2. The van der Waals surface area contributed by atoms with Crippen LogP contribution in [0, 0.1) is 5.82 Å². The van der Waals surface area contributed by atoms with Crippen LogP contribution in [0.2, 0.25) is 0 Å². The van der Waals surface area contributed by atoms with E-state index in [4.69, 9.17) is 4.74 Å². The molecule has 2 aromatic heterocycles. The Hall–Kier alpha value is -2.81. The largest absolute Gasteiger partial charge is 0.492 e. The van der Waals surface area contributed by atoms with E-state index in [9.17, 15) is 9.18 Å². The first-order valence-corrected chi connectivity index (χ1v) is 8.04. The molecule has 1 aromatic carbocycles. The molecule has 0 unspecified atom stereocenters. The Kier molecular flexibility index (Phi) is 5.12. The van der Waals surface area contributed by atoms with Gasteiger partial charge in [0.25, 0.3) is 0 Å². The van der Waals surface area contributed by atoms with E-state index in [2.05, 4.69) is 25.5 Å². The van der Waals surface area contributed by atoms with Crippen molar-refractivity contribution in [2.45, 2.75) is 6.42 Å². The second-order valence-electron chi connectivity index (χ2n) is 4.81. The van der Waals surface area contributed by atoms with Gasteiger partial charge in [0.05, 0.1) is 18.7 Å². The standard InChI is InChI=1S/C15H14FN5O2S/c16-10-2-1-3-12(6-10)23-5-4-17-13(22)7-11-8-24-15(20-11)14-18-9-19-21-14/h1-3,6,8-9H,4-5,7H2,(H,17,22)(H,18,19,21). The Balaban J connectivity index is 1.41. The zero-order chi connectivity index (χ0) is 16.8. The Morgan fingerprint density at radius 3 is 3.12 bits per heavy atom. The molecule has 0 fully saturated rings. The number of aromatic nitrogens is 4. The highest BCUT2D eigenvalue weighted by Crippen LogP contribution is 2.19. The molecule has 0 bridgehead atoms. The number of benzene rings is 1. The predicted molar refractivity (Wildman–Crippen MR) is 86.1 cm³/mol. The molecule has 0 spiro atoms. The SMILES string of the molecule is O=C(Cc1csc(-c2ncn[nH]2)n1)NCCOc1cccc(F)c1. The van der Waals surface area contributed by atoms with Crippen LogP contribution < -0.4 is 10.1 Å². The average Bonchev–Trinajstić information content (AvgIpc) is 3.23. The van der Waals surface area contributed by atoms with Crippen LogP contribution in [0.3, 0.4) is 0 Å². The molecule has 7 nitrogen and oxygen atoms in total. The summed E-state index contributed by atoms with van der Waals surface area (Å²) in [5, 5.41) is 11.7. The monoisotopic (exact) mass is 347 g/mol. The van der Waals surface area contributed by atoms with Crippen molar-refractivity contribution in [2.75, 3.05) is 13.2 Å². The molecule has 0 aliphatic rings. The van der Waals surface area contributed by atoms with Gasteiger partial charge in [0, 0.05) is 11.4 Å². The topological polar surface area (TPSA) is 92.8 Å². The molecule has 0 radical (unpaired) electrons. The van der Waals surface area contributed by atoms with E-state index in [-0.39, 0.29) is 24.8 Å². The third kappa shape index (κ3) is 4.35. The minimum absolute atomic E-state index is 0.160. The molecule has 2 heterocycles. The molecule has 24 heavy (non-hydrogen) atoms. The second-order valence-corrected chi connectivity index (χ2v) is 5.67. The maximum absolute atomic E-state index is 13.0. The van der Waals surface area contributed by atoms with Crippen molar-refractivity contribution >= 4 is 17.2 Å². The van der Waals surface area contributed by atoms with Gasteiger partial charge >= 0.3 is 0 Å². The average molecular weight is 347 g/mol. The van der Waals surface area contributed by atoms with Crippen molar-refractivity contribution in [1.29, 1.82) is 0 Å². The fraction of sp³-hybridized carbons (Fsp3) is 0.200. The van der Waals surface area contributed by atoms with Gasteiger partial charge in [-0.3, -0.25) is 9.89 Å². The van der Waals surface area contributed by atoms with E-state index < -0.39 is 0 Å². The van der Waals surface area contributed by atoms with Gasteiger partial charge in [-0.2, -0.15) is 5.10 Å². The maximum atomic E-state index is 13.0. The minimum Gasteiger partial charge on any atom is -0.492 e. The maximum Gasteiger partial charge on any atom is 0.226 e. The first kappa shape index (κ1) is 16.1. The number of amides is 1. The molecule has 3 aromatic rings. The summed E-state index contributed by atoms with van der Waals surface area (Å²) in [5.41, 5.74) is 0.662. The number of thiazole rings is 1. The Morgan fingerprint density at radius 1 is 1.42 bits per heavy atom. The summed E-state index contributed by atoms with van der Waals surface area (Å²) in [4.78, 5) is 20.2. The van der Waals surface area contributed by atoms with Gasteiger partial charge in [-0.1, -0.05) is 6.07 Å². The molecular weight excluding hydrogens is 333 g/mol. The zero-order valence-corrected chi connectivity index (χ0v) is 13.3. The number of halogens is 1. The third-order valence-electron chi connectivity index (χ3n) is 3.00. The summed E-state index contributed by atoms with van der Waals surface area (Å²) in [7, 11) is 0. The minimum atomic E-state index is -0.359. The van der Waals surface area contributed by atoms with Crippen LogP contribution in [0.1, 0.15) is 5.69 Å². The van der Waals surface area contributed by atoms with Crippen LogP contribution in [0.5, 0.6) is 5.75 Å². The van der Waals surface area contributed by atoms with Crippen molar-refractivity contribution in [3.8, 4) is 16.6 Å². The van der Waals surface area contributed by atoms with Crippen molar-refractivity contribution in [3.05, 3.63) is 47.5 Å². The molecule has 0 atom stereocenters. The van der Waals surface area contributed by atoms with E-state index in [1.54, 1.807) is 17.5 Å². The molecule has 0 saturated carbocycles. The molecule has 0 aliphatic heterocycles. The lowest BCUT2D eigenvalue weighted by Gasteiger charge is -2.07. The van der Waals surface area contributed by atoms with Crippen molar-refractivity contribution in [2.24, 2.45) is 0 Å². The summed E-state index contributed by atoms with van der Waals surface area (Å²) in [6.45, 7) is 0.587. The molecule has 1 amide bonds. The molecule has 2 N–H and O–H groups in total. The zero-order valence-electron chi connectivity index (χ0n) is 12.5. The van der Waals surface area contributed by atoms with Gasteiger partial charge in [-0.05, 0) is 12.1 Å².